The molecule has 0 radical (unpaired) electrons. The summed E-state index contributed by atoms with van der Waals surface area (Å²) in [7, 11) is 0. The van der Waals surface area contributed by atoms with Crippen molar-refractivity contribution in [3.8, 4) is 0 Å². The van der Waals surface area contributed by atoms with E-state index < -0.39 is 18.0 Å². The SMILES string of the molecule is NC(=Nc1ccc(C(=O)N2CCN(CC(=O)O)C(=O)C2)cc1)NC(=O)OCc1ccccc1. The fraction of sp³-hybridized carbons (Fsp3) is 0.227. The number of aliphatic carboxylic acids is 1. The number of rotatable bonds is 6. The Morgan fingerprint density at radius 1 is 1.06 bits per heavy atom. The Kier molecular flexibility index (Phi) is 7.58. The van der Waals surface area contributed by atoms with Crippen LogP contribution in [0.15, 0.2) is 59.6 Å². The van der Waals surface area contributed by atoms with Gasteiger partial charge in [0.05, 0.1) is 5.69 Å². The minimum atomic E-state index is -1.10. The fourth-order valence-electron chi connectivity index (χ4n) is 3.10. The number of piperazine rings is 1. The maximum absolute atomic E-state index is 12.6. The lowest BCUT2D eigenvalue weighted by molar-refractivity contribution is -0.146. The van der Waals surface area contributed by atoms with E-state index >= 15 is 0 Å². The molecule has 33 heavy (non-hydrogen) atoms. The summed E-state index contributed by atoms with van der Waals surface area (Å²) in [5, 5.41) is 11.1. The number of nitrogens with one attached hydrogen (secondary N) is 1. The number of alkyl carbamates (subject to hydrolysis) is 1. The van der Waals surface area contributed by atoms with Gasteiger partial charge in [0.15, 0.2) is 0 Å². The number of carbonyl (C=O) groups is 4. The Morgan fingerprint density at radius 3 is 2.39 bits per heavy atom. The molecule has 0 saturated carbocycles. The van der Waals surface area contributed by atoms with Crippen LogP contribution in [-0.2, 0) is 20.9 Å². The van der Waals surface area contributed by atoms with Crippen molar-refractivity contribution in [1.82, 2.24) is 15.1 Å². The highest BCUT2D eigenvalue weighted by Crippen LogP contribution is 2.15. The van der Waals surface area contributed by atoms with Crippen molar-refractivity contribution in [3.05, 3.63) is 65.7 Å². The van der Waals surface area contributed by atoms with Gasteiger partial charge in [-0.25, -0.2) is 9.79 Å². The van der Waals surface area contributed by atoms with Crippen molar-refractivity contribution in [3.63, 3.8) is 0 Å². The third kappa shape index (κ3) is 6.79. The molecule has 2 aromatic rings. The lowest BCUT2D eigenvalue weighted by Crippen LogP contribution is -2.53. The molecule has 2 aromatic carbocycles. The van der Waals surface area contributed by atoms with Gasteiger partial charge in [-0.1, -0.05) is 30.3 Å². The average Bonchev–Trinajstić information content (AvgIpc) is 2.79. The van der Waals surface area contributed by atoms with Crippen molar-refractivity contribution in [2.24, 2.45) is 10.7 Å². The van der Waals surface area contributed by atoms with Crippen LogP contribution in [0.25, 0.3) is 0 Å². The monoisotopic (exact) mass is 453 g/mol. The third-order valence-electron chi connectivity index (χ3n) is 4.74. The number of carbonyl (C=O) groups excluding carboxylic acids is 3. The Morgan fingerprint density at radius 2 is 1.76 bits per heavy atom. The largest absolute Gasteiger partial charge is 0.480 e. The third-order valence-corrected chi connectivity index (χ3v) is 4.74. The van der Waals surface area contributed by atoms with Gasteiger partial charge >= 0.3 is 12.1 Å². The van der Waals surface area contributed by atoms with Crippen LogP contribution in [0.2, 0.25) is 0 Å². The van der Waals surface area contributed by atoms with Crippen LogP contribution in [0.5, 0.6) is 0 Å². The van der Waals surface area contributed by atoms with Gasteiger partial charge in [-0.3, -0.25) is 19.7 Å². The molecule has 0 unspecified atom stereocenters. The number of nitrogens with two attached hydrogens (primary N) is 1. The number of aliphatic imine (C=N–C) groups is 1. The van der Waals surface area contributed by atoms with Crippen LogP contribution in [0.4, 0.5) is 10.5 Å². The van der Waals surface area contributed by atoms with Gasteiger partial charge in [-0.2, -0.15) is 0 Å². The van der Waals surface area contributed by atoms with Crippen molar-refractivity contribution in [1.29, 1.82) is 0 Å². The fourth-order valence-corrected chi connectivity index (χ4v) is 3.10. The normalized spacial score (nSPS) is 14.1. The minimum Gasteiger partial charge on any atom is -0.480 e. The molecule has 1 aliphatic heterocycles. The predicted molar refractivity (Wildman–Crippen MR) is 118 cm³/mol. The molecule has 0 aromatic heterocycles. The number of guanidine groups is 1. The summed E-state index contributed by atoms with van der Waals surface area (Å²) in [6.07, 6.45) is -0.751. The highest BCUT2D eigenvalue weighted by atomic mass is 16.5. The molecular formula is C22H23N5O6. The minimum absolute atomic E-state index is 0.0871. The summed E-state index contributed by atoms with van der Waals surface area (Å²) in [6.45, 7) is -0.0951. The van der Waals surface area contributed by atoms with Crippen LogP contribution in [0.3, 0.4) is 0 Å². The summed E-state index contributed by atoms with van der Waals surface area (Å²) in [5.41, 5.74) is 7.29. The van der Waals surface area contributed by atoms with E-state index in [9.17, 15) is 19.2 Å². The number of amides is 3. The molecule has 3 rings (SSSR count). The van der Waals surface area contributed by atoms with Gasteiger partial charge in [0.1, 0.15) is 19.7 Å². The van der Waals surface area contributed by atoms with Gasteiger partial charge in [-0.15, -0.1) is 0 Å². The maximum atomic E-state index is 12.6. The molecule has 1 heterocycles. The van der Waals surface area contributed by atoms with Crippen LogP contribution < -0.4 is 11.1 Å². The second kappa shape index (κ2) is 10.8. The molecule has 0 aliphatic carbocycles. The number of carboxylic acid groups (broad SMARTS) is 1. The lowest BCUT2D eigenvalue weighted by atomic mass is 10.1. The number of benzene rings is 2. The summed E-state index contributed by atoms with van der Waals surface area (Å²) >= 11 is 0. The Bertz CT molecular complexity index is 1050. The van der Waals surface area contributed by atoms with E-state index in [1.54, 1.807) is 12.1 Å². The molecule has 1 saturated heterocycles. The molecule has 4 N–H and O–H groups in total. The van der Waals surface area contributed by atoms with E-state index in [1.807, 2.05) is 30.3 Å². The van der Waals surface area contributed by atoms with E-state index in [0.717, 1.165) is 5.56 Å². The number of hydrogen-bond acceptors (Lipinski definition) is 6. The molecule has 1 fully saturated rings. The molecule has 0 spiro atoms. The van der Waals surface area contributed by atoms with Crippen molar-refractivity contribution in [2.45, 2.75) is 6.61 Å². The number of nitrogens with zero attached hydrogens (tertiary/aromatic N) is 3. The summed E-state index contributed by atoms with van der Waals surface area (Å²) < 4.78 is 5.07. The highest BCUT2D eigenvalue weighted by Gasteiger charge is 2.28. The van der Waals surface area contributed by atoms with E-state index in [2.05, 4.69) is 10.3 Å². The molecule has 1 aliphatic rings. The predicted octanol–water partition coefficient (Wildman–Crippen LogP) is 0.928. The first-order valence-electron chi connectivity index (χ1n) is 10.0. The molecular weight excluding hydrogens is 430 g/mol. The van der Waals surface area contributed by atoms with E-state index in [4.69, 9.17) is 15.6 Å². The van der Waals surface area contributed by atoms with Gasteiger partial charge in [-0.05, 0) is 29.8 Å². The van der Waals surface area contributed by atoms with Crippen molar-refractivity contribution in [2.75, 3.05) is 26.2 Å². The smallest absolute Gasteiger partial charge is 0.414 e. The van der Waals surface area contributed by atoms with Gasteiger partial charge in [0.25, 0.3) is 5.91 Å². The number of hydrogen-bond donors (Lipinski definition) is 3. The first-order valence-corrected chi connectivity index (χ1v) is 10.0. The van der Waals surface area contributed by atoms with Crippen LogP contribution >= 0.6 is 0 Å². The molecule has 3 amide bonds. The Labute approximate surface area is 189 Å². The van der Waals surface area contributed by atoms with Gasteiger partial charge in [0, 0.05) is 18.7 Å². The summed E-state index contributed by atoms with van der Waals surface area (Å²) in [5.74, 6) is -2.05. The maximum Gasteiger partial charge on any atom is 0.414 e. The molecule has 0 atom stereocenters. The topological polar surface area (TPSA) is 155 Å². The highest BCUT2D eigenvalue weighted by molar-refractivity contribution is 5.98. The second-order valence-corrected chi connectivity index (χ2v) is 7.17. The second-order valence-electron chi connectivity index (χ2n) is 7.17. The molecule has 11 heteroatoms. The first kappa shape index (κ1) is 23.3. The van der Waals surface area contributed by atoms with Gasteiger partial charge < -0.3 is 25.4 Å². The Balaban J connectivity index is 1.52. The van der Waals surface area contributed by atoms with E-state index in [1.165, 1.54) is 21.9 Å². The molecule has 11 nitrogen and oxygen atoms in total. The summed E-state index contributed by atoms with van der Waals surface area (Å²) in [6, 6.07) is 15.3. The van der Waals surface area contributed by atoms with Crippen LogP contribution in [0.1, 0.15) is 15.9 Å². The average molecular weight is 453 g/mol. The number of carboxylic acids is 1. The zero-order valence-corrected chi connectivity index (χ0v) is 17.6. The zero-order chi connectivity index (χ0) is 23.8. The first-order chi connectivity index (χ1) is 15.8. The van der Waals surface area contributed by atoms with Crippen LogP contribution in [-0.4, -0.2) is 70.9 Å². The van der Waals surface area contributed by atoms with E-state index in [-0.39, 0.29) is 44.7 Å². The van der Waals surface area contributed by atoms with Crippen molar-refractivity contribution < 1.29 is 29.0 Å². The quantitative estimate of drug-likeness (QED) is 0.434. The van der Waals surface area contributed by atoms with Crippen LogP contribution in [0, 0.1) is 0 Å². The Hall–Kier alpha value is -4.41. The molecule has 0 bridgehead atoms. The molecule has 172 valence electrons. The summed E-state index contributed by atoms with van der Waals surface area (Å²) in [4.78, 5) is 53.9. The zero-order valence-electron chi connectivity index (χ0n) is 17.6. The van der Waals surface area contributed by atoms with Crippen molar-refractivity contribution >= 4 is 35.5 Å². The van der Waals surface area contributed by atoms with Gasteiger partial charge in [0.2, 0.25) is 11.9 Å². The van der Waals surface area contributed by atoms with E-state index in [0.29, 0.717) is 11.3 Å². The number of ether oxygens (including phenoxy) is 1. The standard InChI is InChI=1S/C22H23N5O6/c23-21(25-22(32)33-14-15-4-2-1-3-5-15)24-17-8-6-16(7-9-17)20(31)27-11-10-26(13-19(29)30)18(28)12-27/h1-9H,10-14H2,(H,29,30)(H3,23,24,25,32). The lowest BCUT2D eigenvalue weighted by Gasteiger charge is -2.33.